The number of ether oxygens (including phenoxy) is 1. The van der Waals surface area contributed by atoms with Crippen LogP contribution in [0.4, 0.5) is 4.79 Å². The molecule has 1 fully saturated rings. The third kappa shape index (κ3) is 3.95. The van der Waals surface area contributed by atoms with Gasteiger partial charge in [0.15, 0.2) is 0 Å². The second-order valence-electron chi connectivity index (χ2n) is 6.11. The van der Waals surface area contributed by atoms with Crippen LogP contribution < -0.4 is 0 Å². The van der Waals surface area contributed by atoms with Crippen LogP contribution in [0.15, 0.2) is 22.8 Å². The van der Waals surface area contributed by atoms with Crippen LogP contribution in [0.3, 0.4) is 0 Å². The number of hydrogen-bond donors (Lipinski definition) is 0. The van der Waals surface area contributed by atoms with Gasteiger partial charge in [-0.15, -0.1) is 0 Å². The predicted molar refractivity (Wildman–Crippen MR) is 81.7 cm³/mol. The Morgan fingerprint density at radius 3 is 2.60 bits per heavy atom. The van der Waals surface area contributed by atoms with Crippen molar-refractivity contribution in [3.05, 3.63) is 28.5 Å². The Kier molecular flexibility index (Phi) is 4.68. The molecule has 1 aliphatic heterocycles. The molecule has 4 nitrogen and oxygen atoms in total. The van der Waals surface area contributed by atoms with Gasteiger partial charge < -0.3 is 9.64 Å². The standard InChI is InChI=1S/C15H21BrN2O2/c1-15(2,3)20-14(19)18-9-6-11(7-10-18)13-12(16)5-4-8-17-13/h4-5,8,11H,6-7,9-10H2,1-3H3. The van der Waals surface area contributed by atoms with Gasteiger partial charge in [0.1, 0.15) is 5.60 Å². The van der Waals surface area contributed by atoms with Crippen molar-refractivity contribution in [1.82, 2.24) is 9.88 Å². The van der Waals surface area contributed by atoms with E-state index in [-0.39, 0.29) is 6.09 Å². The molecule has 5 heteroatoms. The van der Waals surface area contributed by atoms with Crippen LogP contribution >= 0.6 is 15.9 Å². The lowest BCUT2D eigenvalue weighted by molar-refractivity contribution is 0.0204. The number of aromatic nitrogens is 1. The van der Waals surface area contributed by atoms with Crippen LogP contribution in [0.1, 0.15) is 45.2 Å². The van der Waals surface area contributed by atoms with E-state index in [1.54, 1.807) is 4.90 Å². The molecule has 110 valence electrons. The van der Waals surface area contributed by atoms with Crippen molar-refractivity contribution in [2.45, 2.75) is 45.1 Å². The third-order valence-corrected chi connectivity index (χ3v) is 3.99. The molecule has 0 atom stereocenters. The van der Waals surface area contributed by atoms with Gasteiger partial charge in [-0.1, -0.05) is 0 Å². The minimum absolute atomic E-state index is 0.212. The number of halogens is 1. The topological polar surface area (TPSA) is 42.4 Å². The summed E-state index contributed by atoms with van der Waals surface area (Å²) < 4.78 is 6.46. The molecule has 2 rings (SSSR count). The molecule has 0 spiro atoms. The van der Waals surface area contributed by atoms with E-state index in [1.165, 1.54) is 0 Å². The Balaban J connectivity index is 1.93. The minimum Gasteiger partial charge on any atom is -0.444 e. The highest BCUT2D eigenvalue weighted by Crippen LogP contribution is 2.31. The number of pyridine rings is 1. The maximum atomic E-state index is 12.0. The van der Waals surface area contributed by atoms with E-state index < -0.39 is 5.60 Å². The summed E-state index contributed by atoms with van der Waals surface area (Å²) in [5.41, 5.74) is 0.661. The maximum absolute atomic E-state index is 12.0. The van der Waals surface area contributed by atoms with Gasteiger partial charge >= 0.3 is 6.09 Å². The normalized spacial score (nSPS) is 17.1. The lowest BCUT2D eigenvalue weighted by atomic mass is 9.93. The zero-order valence-corrected chi connectivity index (χ0v) is 13.8. The average molecular weight is 341 g/mol. The van der Waals surface area contributed by atoms with E-state index in [2.05, 4.69) is 20.9 Å². The third-order valence-electron chi connectivity index (χ3n) is 3.32. The lowest BCUT2D eigenvalue weighted by Crippen LogP contribution is -2.41. The first-order valence-electron chi connectivity index (χ1n) is 6.95. The summed E-state index contributed by atoms with van der Waals surface area (Å²) in [6, 6.07) is 3.94. The number of amides is 1. The van der Waals surface area contributed by atoms with E-state index in [1.807, 2.05) is 39.1 Å². The number of carbonyl (C=O) groups excluding carboxylic acids is 1. The molecule has 0 N–H and O–H groups in total. The SMILES string of the molecule is CC(C)(C)OC(=O)N1CCC(c2ncccc2Br)CC1. The fraction of sp³-hybridized carbons (Fsp3) is 0.600. The van der Waals surface area contributed by atoms with Gasteiger partial charge in [0, 0.05) is 29.7 Å². The summed E-state index contributed by atoms with van der Waals surface area (Å²) in [7, 11) is 0. The summed E-state index contributed by atoms with van der Waals surface area (Å²) in [5.74, 6) is 0.407. The van der Waals surface area contributed by atoms with Crippen molar-refractivity contribution in [2.24, 2.45) is 0 Å². The number of carbonyl (C=O) groups is 1. The molecule has 1 amide bonds. The van der Waals surface area contributed by atoms with E-state index in [0.29, 0.717) is 5.92 Å². The summed E-state index contributed by atoms with van der Waals surface area (Å²) >= 11 is 3.55. The van der Waals surface area contributed by atoms with Crippen LogP contribution in [-0.4, -0.2) is 34.7 Å². The molecule has 20 heavy (non-hydrogen) atoms. The minimum atomic E-state index is -0.433. The van der Waals surface area contributed by atoms with Crippen LogP contribution in [-0.2, 0) is 4.74 Å². The van der Waals surface area contributed by atoms with Gasteiger partial charge in [0.25, 0.3) is 0 Å². The smallest absolute Gasteiger partial charge is 0.410 e. The average Bonchev–Trinajstić information content (AvgIpc) is 2.37. The number of nitrogens with zero attached hydrogens (tertiary/aromatic N) is 2. The molecule has 0 saturated carbocycles. The molecule has 1 saturated heterocycles. The van der Waals surface area contributed by atoms with Crippen LogP contribution in [0.5, 0.6) is 0 Å². The Labute approximate surface area is 128 Å². The Hall–Kier alpha value is -1.10. The molecular formula is C15H21BrN2O2. The second kappa shape index (κ2) is 6.12. The van der Waals surface area contributed by atoms with Gasteiger partial charge in [-0.25, -0.2) is 4.79 Å². The number of piperidine rings is 1. The first kappa shape index (κ1) is 15.3. The Morgan fingerprint density at radius 1 is 1.40 bits per heavy atom. The molecule has 1 aromatic heterocycles. The van der Waals surface area contributed by atoms with Gasteiger partial charge in [0.05, 0.1) is 5.69 Å². The van der Waals surface area contributed by atoms with Crippen molar-refractivity contribution >= 4 is 22.0 Å². The second-order valence-corrected chi connectivity index (χ2v) is 6.97. The van der Waals surface area contributed by atoms with Gasteiger partial charge in [-0.05, 0) is 61.7 Å². The number of likely N-dealkylation sites (tertiary alicyclic amines) is 1. The number of hydrogen-bond acceptors (Lipinski definition) is 3. The summed E-state index contributed by atoms with van der Waals surface area (Å²) in [6.45, 7) is 7.12. The largest absolute Gasteiger partial charge is 0.444 e. The summed E-state index contributed by atoms with van der Waals surface area (Å²) in [6.07, 6.45) is 3.46. The highest BCUT2D eigenvalue weighted by Gasteiger charge is 2.28. The fourth-order valence-electron chi connectivity index (χ4n) is 2.36. The molecule has 0 aromatic carbocycles. The molecule has 0 radical (unpaired) electrons. The van der Waals surface area contributed by atoms with E-state index in [0.717, 1.165) is 36.1 Å². The predicted octanol–water partition coefficient (Wildman–Crippen LogP) is 3.96. The van der Waals surface area contributed by atoms with E-state index in [9.17, 15) is 4.79 Å². The quantitative estimate of drug-likeness (QED) is 0.777. The lowest BCUT2D eigenvalue weighted by Gasteiger charge is -2.33. The Bertz CT molecular complexity index is 477. The monoisotopic (exact) mass is 340 g/mol. The molecule has 2 heterocycles. The molecule has 0 unspecified atom stereocenters. The van der Waals surface area contributed by atoms with Crippen molar-refractivity contribution in [1.29, 1.82) is 0 Å². The van der Waals surface area contributed by atoms with Crippen molar-refractivity contribution < 1.29 is 9.53 Å². The van der Waals surface area contributed by atoms with Crippen molar-refractivity contribution in [3.8, 4) is 0 Å². The van der Waals surface area contributed by atoms with Crippen LogP contribution in [0.25, 0.3) is 0 Å². The van der Waals surface area contributed by atoms with E-state index in [4.69, 9.17) is 4.74 Å². The van der Waals surface area contributed by atoms with Gasteiger partial charge in [0.2, 0.25) is 0 Å². The first-order valence-corrected chi connectivity index (χ1v) is 7.74. The van der Waals surface area contributed by atoms with Crippen molar-refractivity contribution in [3.63, 3.8) is 0 Å². The molecule has 1 aromatic rings. The molecular weight excluding hydrogens is 320 g/mol. The van der Waals surface area contributed by atoms with Gasteiger partial charge in [-0.2, -0.15) is 0 Å². The summed E-state index contributed by atoms with van der Waals surface area (Å²) in [5, 5.41) is 0. The molecule has 0 bridgehead atoms. The highest BCUT2D eigenvalue weighted by molar-refractivity contribution is 9.10. The van der Waals surface area contributed by atoms with Crippen molar-refractivity contribution in [2.75, 3.05) is 13.1 Å². The molecule has 0 aliphatic carbocycles. The summed E-state index contributed by atoms with van der Waals surface area (Å²) in [4.78, 5) is 18.2. The van der Waals surface area contributed by atoms with Gasteiger partial charge in [-0.3, -0.25) is 4.98 Å². The van der Waals surface area contributed by atoms with Crippen LogP contribution in [0.2, 0.25) is 0 Å². The fourth-order valence-corrected chi connectivity index (χ4v) is 2.94. The highest BCUT2D eigenvalue weighted by atomic mass is 79.9. The van der Waals surface area contributed by atoms with Crippen LogP contribution in [0, 0.1) is 0 Å². The maximum Gasteiger partial charge on any atom is 0.410 e. The zero-order valence-electron chi connectivity index (χ0n) is 12.2. The molecule has 1 aliphatic rings. The number of rotatable bonds is 1. The van der Waals surface area contributed by atoms with E-state index >= 15 is 0 Å². The first-order chi connectivity index (χ1) is 9.37. The zero-order chi connectivity index (χ0) is 14.8. The Morgan fingerprint density at radius 2 is 2.05 bits per heavy atom.